The summed E-state index contributed by atoms with van der Waals surface area (Å²) in [5.41, 5.74) is 0.221. The van der Waals surface area contributed by atoms with Gasteiger partial charge in [0, 0.05) is 0 Å². The average Bonchev–Trinajstić information content (AvgIpc) is 2.51. The third kappa shape index (κ3) is 5.79. The van der Waals surface area contributed by atoms with Gasteiger partial charge in [-0.2, -0.15) is 49.0 Å². The molecule has 1 rings (SSSR count). The Labute approximate surface area is 144 Å². The molecule has 0 atom stereocenters. The number of alkyl halides is 10. The number of nitrogens with zero attached hydrogens (tertiary/aromatic N) is 1. The molecular formula is C13H10F10N2O2. The van der Waals surface area contributed by atoms with Crippen LogP contribution in [0.5, 0.6) is 11.5 Å². The van der Waals surface area contributed by atoms with Crippen LogP contribution < -0.4 is 14.9 Å². The molecule has 0 amide bonds. The van der Waals surface area contributed by atoms with E-state index in [9.17, 15) is 43.9 Å². The molecule has 0 spiro atoms. The Morgan fingerprint density at radius 1 is 0.963 bits per heavy atom. The summed E-state index contributed by atoms with van der Waals surface area (Å²) >= 11 is 0. The van der Waals surface area contributed by atoms with Gasteiger partial charge < -0.3 is 9.47 Å². The van der Waals surface area contributed by atoms with Gasteiger partial charge in [-0.15, -0.1) is 0 Å². The summed E-state index contributed by atoms with van der Waals surface area (Å²) in [6.07, 6.45) is -10.7. The Morgan fingerprint density at radius 3 is 2.04 bits per heavy atom. The van der Waals surface area contributed by atoms with Gasteiger partial charge in [0.15, 0.2) is 18.1 Å². The third-order valence-electron chi connectivity index (χ3n) is 2.75. The Bertz CT molecular complexity index is 670. The van der Waals surface area contributed by atoms with Crippen molar-refractivity contribution in [2.45, 2.75) is 24.3 Å². The number of hydrazone groups is 1. The van der Waals surface area contributed by atoms with Crippen LogP contribution in [0.15, 0.2) is 23.3 Å². The molecule has 0 unspecified atom stereocenters. The van der Waals surface area contributed by atoms with Crippen LogP contribution in [0, 0.1) is 0 Å². The minimum Gasteiger partial charge on any atom is -0.493 e. The Balaban J connectivity index is 2.90. The first kappa shape index (κ1) is 22.6. The molecule has 0 aliphatic heterocycles. The van der Waals surface area contributed by atoms with Crippen molar-refractivity contribution in [1.82, 2.24) is 5.43 Å². The van der Waals surface area contributed by atoms with E-state index >= 15 is 0 Å². The number of methoxy groups -OCH3 is 1. The van der Waals surface area contributed by atoms with Crippen molar-refractivity contribution in [3.05, 3.63) is 23.8 Å². The second-order valence-corrected chi connectivity index (χ2v) is 4.83. The topological polar surface area (TPSA) is 42.8 Å². The monoisotopic (exact) mass is 416 g/mol. The highest BCUT2D eigenvalue weighted by atomic mass is 19.4. The predicted octanol–water partition coefficient (Wildman–Crippen LogP) is 4.35. The van der Waals surface area contributed by atoms with Gasteiger partial charge in [0.2, 0.25) is 0 Å². The highest BCUT2D eigenvalue weighted by Crippen LogP contribution is 2.45. The van der Waals surface area contributed by atoms with E-state index in [1.807, 2.05) is 0 Å². The predicted molar refractivity (Wildman–Crippen MR) is 71.2 cm³/mol. The molecule has 0 bridgehead atoms. The number of hydrogen-bond acceptors (Lipinski definition) is 4. The summed E-state index contributed by atoms with van der Waals surface area (Å²) in [5, 5.41) is 2.60. The molecule has 1 aromatic carbocycles. The summed E-state index contributed by atoms with van der Waals surface area (Å²) < 4.78 is 133. The summed E-state index contributed by atoms with van der Waals surface area (Å²) in [5.74, 6) is -7.07. The van der Waals surface area contributed by atoms with Crippen LogP contribution in [0.25, 0.3) is 0 Å². The molecule has 0 fully saturated rings. The van der Waals surface area contributed by atoms with Crippen molar-refractivity contribution in [2.24, 2.45) is 5.10 Å². The largest absolute Gasteiger partial charge is 0.493 e. The second kappa shape index (κ2) is 7.68. The number of nitrogens with one attached hydrogen (secondary N) is 1. The van der Waals surface area contributed by atoms with Gasteiger partial charge in [-0.1, -0.05) is 0 Å². The lowest BCUT2D eigenvalue weighted by molar-refractivity contribution is -0.361. The van der Waals surface area contributed by atoms with Crippen LogP contribution in [0.2, 0.25) is 0 Å². The maximum Gasteiger partial charge on any atom is 0.462 e. The van der Waals surface area contributed by atoms with Gasteiger partial charge in [-0.05, 0) is 23.8 Å². The normalized spacial score (nSPS) is 13.7. The fraction of sp³-hybridized carbons (Fsp3) is 0.462. The number of benzene rings is 1. The Morgan fingerprint density at radius 2 is 1.56 bits per heavy atom. The van der Waals surface area contributed by atoms with Gasteiger partial charge in [0.1, 0.15) is 0 Å². The molecule has 27 heavy (non-hydrogen) atoms. The maximum atomic E-state index is 13.0. The zero-order valence-electron chi connectivity index (χ0n) is 13.1. The fourth-order valence-electron chi connectivity index (χ4n) is 1.48. The number of halogens is 10. The number of ether oxygens (including phenoxy) is 2. The molecule has 1 aromatic rings. The summed E-state index contributed by atoms with van der Waals surface area (Å²) in [4.78, 5) is 0. The van der Waals surface area contributed by atoms with Gasteiger partial charge >= 0.3 is 24.3 Å². The second-order valence-electron chi connectivity index (χ2n) is 4.83. The van der Waals surface area contributed by atoms with E-state index in [0.29, 0.717) is 11.6 Å². The van der Waals surface area contributed by atoms with Crippen LogP contribution >= 0.6 is 0 Å². The van der Waals surface area contributed by atoms with E-state index in [-0.39, 0.29) is 17.1 Å². The van der Waals surface area contributed by atoms with Crippen molar-refractivity contribution < 1.29 is 53.4 Å². The lowest BCUT2D eigenvalue weighted by Crippen LogP contribution is -2.58. The smallest absolute Gasteiger partial charge is 0.462 e. The van der Waals surface area contributed by atoms with Crippen molar-refractivity contribution in [1.29, 1.82) is 0 Å². The molecule has 14 heteroatoms. The first-order chi connectivity index (χ1) is 12.1. The van der Waals surface area contributed by atoms with Crippen molar-refractivity contribution in [2.75, 3.05) is 13.7 Å². The van der Waals surface area contributed by atoms with Crippen LogP contribution in [-0.4, -0.2) is 44.3 Å². The molecular weight excluding hydrogens is 406 g/mol. The van der Waals surface area contributed by atoms with Crippen LogP contribution in [0.4, 0.5) is 43.9 Å². The van der Waals surface area contributed by atoms with Gasteiger partial charge in [0.05, 0.1) is 13.3 Å². The molecule has 0 aliphatic rings. The highest BCUT2D eigenvalue weighted by Gasteiger charge is 2.73. The first-order valence-electron chi connectivity index (χ1n) is 6.61. The van der Waals surface area contributed by atoms with E-state index in [0.717, 1.165) is 25.3 Å². The molecule has 0 saturated heterocycles. The Hall–Kier alpha value is -2.41. The van der Waals surface area contributed by atoms with Gasteiger partial charge in [0.25, 0.3) is 0 Å². The molecule has 0 radical (unpaired) electrons. The van der Waals surface area contributed by atoms with E-state index in [1.165, 1.54) is 0 Å². The molecule has 4 nitrogen and oxygen atoms in total. The average molecular weight is 416 g/mol. The molecule has 154 valence electrons. The van der Waals surface area contributed by atoms with Crippen LogP contribution in [0.3, 0.4) is 0 Å². The van der Waals surface area contributed by atoms with Crippen molar-refractivity contribution >= 4 is 6.21 Å². The van der Waals surface area contributed by atoms with Crippen LogP contribution in [-0.2, 0) is 0 Å². The summed E-state index contributed by atoms with van der Waals surface area (Å²) in [6.45, 7) is -1.66. The van der Waals surface area contributed by atoms with E-state index in [2.05, 4.69) is 9.84 Å². The molecule has 1 N–H and O–H groups in total. The Kier molecular flexibility index (Phi) is 6.44. The standard InChI is InChI=1S/C13H10F10N2O2/c1-26-9-4-7(2-3-8(9)27-6-10(14,15)16)5-24-25-13(22,23)11(17,18)12(19,20)21/h2-5,25H,6H2,1H3/b24-5+. The summed E-state index contributed by atoms with van der Waals surface area (Å²) in [7, 11) is 1.03. The van der Waals surface area contributed by atoms with Crippen molar-refractivity contribution in [3.63, 3.8) is 0 Å². The molecule has 0 aliphatic carbocycles. The van der Waals surface area contributed by atoms with Gasteiger partial charge in [-0.25, -0.2) is 5.43 Å². The lowest BCUT2D eigenvalue weighted by Gasteiger charge is -2.27. The first-order valence-corrected chi connectivity index (χ1v) is 6.61. The minimum absolute atomic E-state index is 0.176. The highest BCUT2D eigenvalue weighted by molar-refractivity contribution is 5.80. The zero-order valence-corrected chi connectivity index (χ0v) is 13.1. The van der Waals surface area contributed by atoms with E-state index < -0.39 is 30.9 Å². The quantitative estimate of drug-likeness (QED) is 0.311. The van der Waals surface area contributed by atoms with Crippen LogP contribution in [0.1, 0.15) is 5.56 Å². The molecule has 0 heterocycles. The van der Waals surface area contributed by atoms with Crippen molar-refractivity contribution in [3.8, 4) is 11.5 Å². The molecule has 0 saturated carbocycles. The third-order valence-corrected chi connectivity index (χ3v) is 2.75. The lowest BCUT2D eigenvalue weighted by atomic mass is 10.2. The zero-order chi connectivity index (χ0) is 21.1. The minimum atomic E-state index is -6.53. The number of rotatable bonds is 7. The van der Waals surface area contributed by atoms with Gasteiger partial charge in [-0.3, -0.25) is 0 Å². The molecule has 0 aromatic heterocycles. The summed E-state index contributed by atoms with van der Waals surface area (Å²) in [6, 6.07) is -2.92. The number of hydrogen-bond donors (Lipinski definition) is 1. The van der Waals surface area contributed by atoms with E-state index in [4.69, 9.17) is 4.74 Å². The fourth-order valence-corrected chi connectivity index (χ4v) is 1.48. The van der Waals surface area contributed by atoms with E-state index in [1.54, 1.807) is 0 Å². The maximum absolute atomic E-state index is 13.0. The SMILES string of the molecule is COc1cc(/C=N/NC(F)(F)C(F)(F)C(F)(F)F)ccc1OCC(F)(F)F.